The molecule has 0 aliphatic rings. The minimum atomic E-state index is -0.464. The van der Waals surface area contributed by atoms with Gasteiger partial charge < -0.3 is 19.9 Å². The maximum Gasteiger partial charge on any atom is 0.410 e. The molecule has 0 aliphatic carbocycles. The average molecular weight is 253 g/mol. The van der Waals surface area contributed by atoms with E-state index in [1.807, 2.05) is 46.3 Å². The van der Waals surface area contributed by atoms with Crippen LogP contribution in [-0.2, 0) is 4.74 Å². The Balaban J connectivity index is 2.57. The van der Waals surface area contributed by atoms with Crippen molar-refractivity contribution in [2.75, 3.05) is 20.6 Å². The van der Waals surface area contributed by atoms with E-state index in [1.165, 1.54) is 0 Å². The zero-order chi connectivity index (χ0) is 13.8. The molecule has 1 aromatic heterocycles. The Bertz CT molecular complexity index is 368. The summed E-state index contributed by atoms with van der Waals surface area (Å²) in [4.78, 5) is 16.4. The zero-order valence-electron chi connectivity index (χ0n) is 11.8. The minimum Gasteiger partial charge on any atom is -0.444 e. The fourth-order valence-electron chi connectivity index (χ4n) is 1.61. The highest BCUT2D eigenvalue weighted by Crippen LogP contribution is 2.14. The Morgan fingerprint density at radius 1 is 1.56 bits per heavy atom. The lowest BCUT2D eigenvalue weighted by molar-refractivity contribution is 0.0284. The van der Waals surface area contributed by atoms with Crippen molar-refractivity contribution in [3.8, 4) is 0 Å². The van der Waals surface area contributed by atoms with Gasteiger partial charge in [-0.1, -0.05) is 0 Å². The molecule has 102 valence electrons. The molecule has 1 aromatic rings. The van der Waals surface area contributed by atoms with Crippen LogP contribution in [0.2, 0.25) is 0 Å². The molecular weight excluding hydrogens is 230 g/mol. The van der Waals surface area contributed by atoms with E-state index in [9.17, 15) is 4.79 Å². The lowest BCUT2D eigenvalue weighted by Crippen LogP contribution is -2.38. The van der Waals surface area contributed by atoms with E-state index < -0.39 is 5.60 Å². The Morgan fingerprint density at radius 3 is 2.67 bits per heavy atom. The number of amides is 1. The molecule has 0 aromatic carbocycles. The van der Waals surface area contributed by atoms with Crippen molar-refractivity contribution >= 4 is 6.09 Å². The molecule has 1 rings (SSSR count). The minimum absolute atomic E-state index is 0.0915. The van der Waals surface area contributed by atoms with Gasteiger partial charge in [-0.3, -0.25) is 0 Å². The van der Waals surface area contributed by atoms with Gasteiger partial charge >= 0.3 is 6.09 Å². The third-order valence-corrected chi connectivity index (χ3v) is 2.53. The van der Waals surface area contributed by atoms with Gasteiger partial charge in [0, 0.05) is 26.0 Å². The van der Waals surface area contributed by atoms with E-state index >= 15 is 0 Å². The largest absolute Gasteiger partial charge is 0.444 e. The molecule has 5 heteroatoms. The van der Waals surface area contributed by atoms with Crippen molar-refractivity contribution in [1.29, 1.82) is 0 Å². The smallest absolute Gasteiger partial charge is 0.410 e. The Morgan fingerprint density at radius 2 is 2.22 bits per heavy atom. The molecule has 0 saturated carbocycles. The van der Waals surface area contributed by atoms with E-state index in [0.29, 0.717) is 6.54 Å². The van der Waals surface area contributed by atoms with Gasteiger partial charge in [-0.2, -0.15) is 0 Å². The van der Waals surface area contributed by atoms with Crippen LogP contribution >= 0.6 is 0 Å². The zero-order valence-corrected chi connectivity index (χ0v) is 11.8. The third-order valence-electron chi connectivity index (χ3n) is 2.53. The van der Waals surface area contributed by atoms with Crippen LogP contribution in [-0.4, -0.2) is 42.2 Å². The highest BCUT2D eigenvalue weighted by molar-refractivity contribution is 5.67. The van der Waals surface area contributed by atoms with Gasteiger partial charge in [0.1, 0.15) is 5.60 Å². The predicted molar refractivity (Wildman–Crippen MR) is 71.5 cm³/mol. The molecule has 0 aliphatic heterocycles. The van der Waals surface area contributed by atoms with Crippen LogP contribution in [0.4, 0.5) is 4.79 Å². The normalized spacial score (nSPS) is 13.2. The van der Waals surface area contributed by atoms with Gasteiger partial charge in [0.2, 0.25) is 0 Å². The van der Waals surface area contributed by atoms with Crippen LogP contribution in [0.5, 0.6) is 0 Å². The van der Waals surface area contributed by atoms with Crippen LogP contribution in [0.15, 0.2) is 18.5 Å². The molecule has 1 heterocycles. The third kappa shape index (κ3) is 4.41. The van der Waals surface area contributed by atoms with Gasteiger partial charge in [0.05, 0.1) is 6.04 Å². The molecule has 0 spiro atoms. The summed E-state index contributed by atoms with van der Waals surface area (Å²) >= 11 is 0. The Hall–Kier alpha value is -1.49. The first kappa shape index (κ1) is 14.6. The topological polar surface area (TPSA) is 57.4 Å². The van der Waals surface area contributed by atoms with E-state index in [1.54, 1.807) is 11.9 Å². The van der Waals surface area contributed by atoms with Crippen molar-refractivity contribution in [3.63, 3.8) is 0 Å². The van der Waals surface area contributed by atoms with Gasteiger partial charge in [-0.05, 0) is 39.4 Å². The molecule has 0 saturated heterocycles. The van der Waals surface area contributed by atoms with Crippen molar-refractivity contribution < 1.29 is 9.53 Å². The summed E-state index contributed by atoms with van der Waals surface area (Å²) in [6.45, 7) is 6.14. The molecule has 1 unspecified atom stereocenters. The van der Waals surface area contributed by atoms with Gasteiger partial charge in [0.15, 0.2) is 0 Å². The van der Waals surface area contributed by atoms with Gasteiger partial charge in [0.25, 0.3) is 0 Å². The molecule has 0 fully saturated rings. The van der Waals surface area contributed by atoms with Crippen molar-refractivity contribution in [2.45, 2.75) is 32.4 Å². The number of hydrogen-bond donors (Lipinski definition) is 2. The number of aromatic amines is 1. The van der Waals surface area contributed by atoms with Crippen LogP contribution in [0.3, 0.4) is 0 Å². The molecule has 1 amide bonds. The molecule has 0 bridgehead atoms. The second-order valence-corrected chi connectivity index (χ2v) is 5.35. The molecule has 5 nitrogen and oxygen atoms in total. The van der Waals surface area contributed by atoms with Crippen LogP contribution in [0, 0.1) is 0 Å². The predicted octanol–water partition coefficient (Wildman–Crippen LogP) is 2.14. The summed E-state index contributed by atoms with van der Waals surface area (Å²) in [5.74, 6) is 0. The van der Waals surface area contributed by atoms with E-state index in [4.69, 9.17) is 4.74 Å². The van der Waals surface area contributed by atoms with Gasteiger partial charge in [-0.15, -0.1) is 0 Å². The number of carbonyl (C=O) groups excluding carboxylic acids is 1. The molecule has 2 N–H and O–H groups in total. The van der Waals surface area contributed by atoms with Crippen LogP contribution in [0.25, 0.3) is 0 Å². The van der Waals surface area contributed by atoms with Crippen LogP contribution < -0.4 is 5.32 Å². The number of likely N-dealkylation sites (N-methyl/N-ethyl adjacent to an activating group) is 2. The van der Waals surface area contributed by atoms with Crippen LogP contribution in [0.1, 0.15) is 32.4 Å². The first-order valence-corrected chi connectivity index (χ1v) is 6.07. The summed E-state index contributed by atoms with van der Waals surface area (Å²) in [5, 5.41) is 3.18. The maximum absolute atomic E-state index is 11.8. The summed E-state index contributed by atoms with van der Waals surface area (Å²) in [6.07, 6.45) is 3.48. The standard InChI is InChI=1S/C13H23N3O2/c1-13(2,3)18-12(17)16(5)9-11(14-4)10-6-7-15-8-10/h6-8,11,14-15H,9H2,1-5H3. The number of hydrogen-bond acceptors (Lipinski definition) is 3. The summed E-state index contributed by atoms with van der Waals surface area (Å²) in [6, 6.07) is 2.08. The summed E-state index contributed by atoms with van der Waals surface area (Å²) < 4.78 is 5.31. The van der Waals surface area contributed by atoms with Crippen molar-refractivity contribution in [2.24, 2.45) is 0 Å². The van der Waals surface area contributed by atoms with E-state index in [2.05, 4.69) is 10.3 Å². The first-order chi connectivity index (χ1) is 8.33. The SMILES string of the molecule is CNC(CN(C)C(=O)OC(C)(C)C)c1cc[nH]c1. The highest BCUT2D eigenvalue weighted by atomic mass is 16.6. The highest BCUT2D eigenvalue weighted by Gasteiger charge is 2.22. The molecule has 1 atom stereocenters. The molecule has 0 radical (unpaired) electrons. The summed E-state index contributed by atoms with van der Waals surface area (Å²) in [5.41, 5.74) is 0.655. The number of nitrogens with zero attached hydrogens (tertiary/aromatic N) is 1. The number of H-pyrrole nitrogens is 1. The maximum atomic E-state index is 11.8. The lowest BCUT2D eigenvalue weighted by atomic mass is 10.1. The monoisotopic (exact) mass is 253 g/mol. The second-order valence-electron chi connectivity index (χ2n) is 5.35. The number of ether oxygens (including phenoxy) is 1. The number of nitrogens with one attached hydrogen (secondary N) is 2. The fourth-order valence-corrected chi connectivity index (χ4v) is 1.61. The number of aromatic nitrogens is 1. The van der Waals surface area contributed by atoms with Crippen molar-refractivity contribution in [3.05, 3.63) is 24.0 Å². The first-order valence-electron chi connectivity index (χ1n) is 6.07. The number of carbonyl (C=O) groups is 1. The van der Waals surface area contributed by atoms with Crippen molar-refractivity contribution in [1.82, 2.24) is 15.2 Å². The lowest BCUT2D eigenvalue weighted by Gasteiger charge is -2.27. The fraction of sp³-hybridized carbons (Fsp3) is 0.615. The Labute approximate surface area is 109 Å². The molecular formula is C13H23N3O2. The average Bonchev–Trinajstić information content (AvgIpc) is 2.76. The van der Waals surface area contributed by atoms with Gasteiger partial charge in [-0.25, -0.2) is 4.79 Å². The molecule has 18 heavy (non-hydrogen) atoms. The number of rotatable bonds is 4. The van der Waals surface area contributed by atoms with E-state index in [-0.39, 0.29) is 12.1 Å². The Kier molecular flexibility index (Phi) is 4.78. The quantitative estimate of drug-likeness (QED) is 0.864. The van der Waals surface area contributed by atoms with E-state index in [0.717, 1.165) is 5.56 Å². The summed E-state index contributed by atoms with van der Waals surface area (Å²) in [7, 11) is 3.62. The second kappa shape index (κ2) is 5.91.